The van der Waals surface area contributed by atoms with Crippen molar-refractivity contribution in [1.29, 1.82) is 0 Å². The third-order valence-corrected chi connectivity index (χ3v) is 3.81. The quantitative estimate of drug-likeness (QED) is 0.662. The fraction of sp³-hybridized carbons (Fsp3) is 0.294. The molecule has 3 heterocycles. The van der Waals surface area contributed by atoms with Gasteiger partial charge in [-0.25, -0.2) is 9.78 Å². The third kappa shape index (κ3) is 3.92. The van der Waals surface area contributed by atoms with E-state index in [0.29, 0.717) is 12.4 Å². The Labute approximate surface area is 145 Å². The normalized spacial score (nSPS) is 12.1. The molecule has 1 unspecified atom stereocenters. The number of carbonyl (C=O) groups excluding carboxylic acids is 1. The van der Waals surface area contributed by atoms with E-state index in [0.717, 1.165) is 27.9 Å². The number of hydrogen-bond donors (Lipinski definition) is 3. The Bertz CT molecular complexity index is 892. The number of amides is 2. The molecule has 2 amide bonds. The molecule has 0 aliphatic rings. The number of anilines is 1. The molecule has 0 radical (unpaired) electrons. The monoisotopic (exact) mass is 340 g/mol. The molecule has 0 saturated heterocycles. The molecule has 0 bridgehead atoms. The minimum atomic E-state index is -0.333. The highest BCUT2D eigenvalue weighted by atomic mass is 16.5. The summed E-state index contributed by atoms with van der Waals surface area (Å²) in [6.45, 7) is 4.22. The summed E-state index contributed by atoms with van der Waals surface area (Å²) in [6, 6.07) is 5.28. The number of aromatic amines is 1. The number of hydrogen-bond acceptors (Lipinski definition) is 5. The average Bonchev–Trinajstić information content (AvgIpc) is 3.03. The Morgan fingerprint density at radius 3 is 2.96 bits per heavy atom. The van der Waals surface area contributed by atoms with Gasteiger partial charge in [-0.1, -0.05) is 0 Å². The van der Waals surface area contributed by atoms with E-state index in [2.05, 4.69) is 30.8 Å². The SMILES string of the molecule is COC(C)CNC(=O)Nc1cc2[nH]nc(-c3ccnc(C)c3)c2cn1. The first-order valence-corrected chi connectivity index (χ1v) is 7.91. The predicted octanol–water partition coefficient (Wildman–Crippen LogP) is 2.48. The van der Waals surface area contributed by atoms with Crippen LogP contribution in [-0.4, -0.2) is 46.0 Å². The molecule has 0 aliphatic heterocycles. The molecule has 3 aromatic rings. The van der Waals surface area contributed by atoms with E-state index in [9.17, 15) is 4.79 Å². The smallest absolute Gasteiger partial charge is 0.320 e. The van der Waals surface area contributed by atoms with Crippen molar-refractivity contribution in [1.82, 2.24) is 25.5 Å². The highest BCUT2D eigenvalue weighted by Crippen LogP contribution is 2.26. The van der Waals surface area contributed by atoms with Crippen molar-refractivity contribution >= 4 is 22.8 Å². The second kappa shape index (κ2) is 7.27. The number of methoxy groups -OCH3 is 1. The van der Waals surface area contributed by atoms with Gasteiger partial charge in [0.15, 0.2) is 0 Å². The zero-order chi connectivity index (χ0) is 17.8. The van der Waals surface area contributed by atoms with Gasteiger partial charge < -0.3 is 10.1 Å². The molecule has 8 nitrogen and oxygen atoms in total. The van der Waals surface area contributed by atoms with Crippen molar-refractivity contribution in [2.24, 2.45) is 0 Å². The van der Waals surface area contributed by atoms with Gasteiger partial charge in [-0.2, -0.15) is 5.10 Å². The van der Waals surface area contributed by atoms with Gasteiger partial charge in [0.05, 0.1) is 11.6 Å². The molecule has 0 aromatic carbocycles. The lowest BCUT2D eigenvalue weighted by atomic mass is 10.1. The summed E-state index contributed by atoms with van der Waals surface area (Å²) in [5.74, 6) is 0.441. The van der Waals surface area contributed by atoms with Gasteiger partial charge in [0, 0.05) is 48.8 Å². The highest BCUT2D eigenvalue weighted by molar-refractivity contribution is 5.95. The molecule has 0 spiro atoms. The van der Waals surface area contributed by atoms with Crippen LogP contribution in [0.3, 0.4) is 0 Å². The summed E-state index contributed by atoms with van der Waals surface area (Å²) in [4.78, 5) is 20.4. The lowest BCUT2D eigenvalue weighted by Gasteiger charge is -2.11. The van der Waals surface area contributed by atoms with Crippen LogP contribution >= 0.6 is 0 Å². The zero-order valence-corrected chi connectivity index (χ0v) is 14.3. The van der Waals surface area contributed by atoms with E-state index >= 15 is 0 Å². The number of ether oxygens (including phenoxy) is 1. The molecule has 3 N–H and O–H groups in total. The van der Waals surface area contributed by atoms with Gasteiger partial charge in [-0.15, -0.1) is 0 Å². The number of carbonyl (C=O) groups is 1. The predicted molar refractivity (Wildman–Crippen MR) is 95.3 cm³/mol. The number of urea groups is 1. The summed E-state index contributed by atoms with van der Waals surface area (Å²) >= 11 is 0. The van der Waals surface area contributed by atoms with Crippen molar-refractivity contribution in [2.45, 2.75) is 20.0 Å². The standard InChI is InChI=1S/C17H20N6O2/c1-10-6-12(4-5-18-10)16-13-9-19-15(7-14(13)22-23-16)21-17(24)20-8-11(2)25-3/h4-7,9,11H,8H2,1-3H3,(H,22,23)(H2,19,20,21,24). The van der Waals surface area contributed by atoms with Crippen molar-refractivity contribution in [2.75, 3.05) is 19.0 Å². The lowest BCUT2D eigenvalue weighted by molar-refractivity contribution is 0.119. The Balaban J connectivity index is 1.77. The molecule has 0 aliphatic carbocycles. The van der Waals surface area contributed by atoms with Crippen LogP contribution in [-0.2, 0) is 4.74 Å². The maximum absolute atomic E-state index is 11.9. The van der Waals surface area contributed by atoms with Gasteiger partial charge >= 0.3 is 6.03 Å². The van der Waals surface area contributed by atoms with Crippen molar-refractivity contribution in [3.63, 3.8) is 0 Å². The van der Waals surface area contributed by atoms with Gasteiger partial charge in [0.2, 0.25) is 0 Å². The zero-order valence-electron chi connectivity index (χ0n) is 14.3. The molecular weight excluding hydrogens is 320 g/mol. The number of rotatable bonds is 5. The summed E-state index contributed by atoms with van der Waals surface area (Å²) < 4.78 is 5.09. The van der Waals surface area contributed by atoms with E-state index in [1.165, 1.54) is 0 Å². The Morgan fingerprint density at radius 1 is 1.36 bits per heavy atom. The van der Waals surface area contributed by atoms with E-state index in [-0.39, 0.29) is 12.1 Å². The maximum atomic E-state index is 11.9. The lowest BCUT2D eigenvalue weighted by Crippen LogP contribution is -2.35. The maximum Gasteiger partial charge on any atom is 0.320 e. The van der Waals surface area contributed by atoms with Crippen LogP contribution in [0.15, 0.2) is 30.6 Å². The molecule has 130 valence electrons. The number of nitrogens with one attached hydrogen (secondary N) is 3. The van der Waals surface area contributed by atoms with Crippen LogP contribution in [0.1, 0.15) is 12.6 Å². The first-order valence-electron chi connectivity index (χ1n) is 7.91. The second-order valence-electron chi connectivity index (χ2n) is 5.75. The van der Waals surface area contributed by atoms with Gasteiger partial charge in [-0.3, -0.25) is 15.4 Å². The number of pyridine rings is 2. The highest BCUT2D eigenvalue weighted by Gasteiger charge is 2.11. The molecule has 3 rings (SSSR count). The Morgan fingerprint density at radius 2 is 2.20 bits per heavy atom. The van der Waals surface area contributed by atoms with Crippen LogP contribution in [0.25, 0.3) is 22.2 Å². The second-order valence-corrected chi connectivity index (χ2v) is 5.75. The fourth-order valence-electron chi connectivity index (χ4n) is 2.37. The average molecular weight is 340 g/mol. The Hall–Kier alpha value is -3.00. The molecular formula is C17H20N6O2. The van der Waals surface area contributed by atoms with E-state index in [1.54, 1.807) is 25.6 Å². The van der Waals surface area contributed by atoms with Crippen molar-refractivity contribution in [3.05, 3.63) is 36.3 Å². The minimum absolute atomic E-state index is 0.0554. The molecule has 8 heteroatoms. The first-order chi connectivity index (χ1) is 12.1. The van der Waals surface area contributed by atoms with Crippen molar-refractivity contribution < 1.29 is 9.53 Å². The summed E-state index contributed by atoms with van der Waals surface area (Å²) in [6.07, 6.45) is 3.39. The fourth-order valence-corrected chi connectivity index (χ4v) is 2.37. The topological polar surface area (TPSA) is 105 Å². The van der Waals surface area contributed by atoms with Crippen molar-refractivity contribution in [3.8, 4) is 11.3 Å². The third-order valence-electron chi connectivity index (χ3n) is 3.81. The van der Waals surface area contributed by atoms with Gasteiger partial charge in [0.1, 0.15) is 11.5 Å². The summed E-state index contributed by atoms with van der Waals surface area (Å²) in [5.41, 5.74) is 3.48. The number of H-pyrrole nitrogens is 1. The molecule has 0 saturated carbocycles. The minimum Gasteiger partial charge on any atom is -0.380 e. The Kier molecular flexibility index (Phi) is 4.90. The van der Waals surface area contributed by atoms with Crippen LogP contribution in [0.4, 0.5) is 10.6 Å². The van der Waals surface area contributed by atoms with Gasteiger partial charge in [0.25, 0.3) is 0 Å². The number of fused-ring (bicyclic) bond motifs is 1. The number of aromatic nitrogens is 4. The van der Waals surface area contributed by atoms with Crippen LogP contribution in [0, 0.1) is 6.92 Å². The van der Waals surface area contributed by atoms with E-state index in [4.69, 9.17) is 4.74 Å². The van der Waals surface area contributed by atoms with E-state index in [1.807, 2.05) is 26.0 Å². The van der Waals surface area contributed by atoms with Crippen LogP contribution in [0.2, 0.25) is 0 Å². The molecule has 3 aromatic heterocycles. The first kappa shape index (κ1) is 16.8. The molecule has 1 atom stereocenters. The number of nitrogens with zero attached hydrogens (tertiary/aromatic N) is 3. The largest absolute Gasteiger partial charge is 0.380 e. The number of aryl methyl sites for hydroxylation is 1. The summed E-state index contributed by atoms with van der Waals surface area (Å²) in [7, 11) is 1.60. The van der Waals surface area contributed by atoms with Crippen LogP contribution < -0.4 is 10.6 Å². The van der Waals surface area contributed by atoms with Crippen LogP contribution in [0.5, 0.6) is 0 Å². The van der Waals surface area contributed by atoms with E-state index < -0.39 is 0 Å². The summed E-state index contributed by atoms with van der Waals surface area (Å²) in [5, 5.41) is 13.6. The molecule has 0 fully saturated rings. The molecule has 25 heavy (non-hydrogen) atoms. The van der Waals surface area contributed by atoms with Gasteiger partial charge in [-0.05, 0) is 26.0 Å².